The number of nitrogens with two attached hydrogens (primary N) is 3. The number of carbonyl (C=O) groups excluding carboxylic acids is 2. The van der Waals surface area contributed by atoms with Crippen molar-refractivity contribution in [2.75, 3.05) is 88.8 Å². The molecule has 1 aliphatic carbocycles. The lowest BCUT2D eigenvalue weighted by Gasteiger charge is -2.20. The monoisotopic (exact) mass is 2120 g/mol. The van der Waals surface area contributed by atoms with Crippen LogP contribution in [0.2, 0.25) is 0 Å². The number of aliphatic hydroxyl groups excluding tert-OH is 1. The number of para-hydroxylation sites is 1. The van der Waals surface area contributed by atoms with Crippen LogP contribution >= 0.6 is 31.9 Å². The van der Waals surface area contributed by atoms with Gasteiger partial charge in [0.1, 0.15) is 83.9 Å². The molecule has 1 aliphatic rings. The van der Waals surface area contributed by atoms with Gasteiger partial charge in [-0.25, -0.2) is 90.4 Å². The molecule has 0 atom stereocenters. The van der Waals surface area contributed by atoms with Gasteiger partial charge in [0.2, 0.25) is 29.6 Å². The van der Waals surface area contributed by atoms with Crippen molar-refractivity contribution in [2.24, 2.45) is 0 Å². The van der Waals surface area contributed by atoms with Crippen LogP contribution in [0.15, 0.2) is 150 Å². The molecular formula is C102H123Br2N31O11. The summed E-state index contributed by atoms with van der Waals surface area (Å²) in [6.45, 7) is 38.0. The number of aryl methyl sites for hydroxylation is 3. The minimum atomic E-state index is -0.626. The van der Waals surface area contributed by atoms with Crippen LogP contribution < -0.4 is 104 Å². The summed E-state index contributed by atoms with van der Waals surface area (Å²) >= 11 is 6.73. The Morgan fingerprint density at radius 3 is 1.26 bits per heavy atom. The second-order valence-corrected chi connectivity index (χ2v) is 36.5. The number of pyridine rings is 6. The molecule has 0 spiro atoms. The smallest absolute Gasteiger partial charge is 0.426 e. The van der Waals surface area contributed by atoms with Crippen molar-refractivity contribution in [3.63, 3.8) is 0 Å². The highest BCUT2D eigenvalue weighted by Crippen LogP contribution is 2.52. The van der Waals surface area contributed by atoms with Crippen molar-refractivity contribution in [3.8, 4) is 112 Å². The zero-order valence-electron chi connectivity index (χ0n) is 85.2. The minimum absolute atomic E-state index is 0.000780. The molecule has 766 valence electrons. The Morgan fingerprint density at radius 1 is 0.452 bits per heavy atom. The van der Waals surface area contributed by atoms with Crippen molar-refractivity contribution in [1.29, 1.82) is 0 Å². The molecule has 12 heterocycles. The number of nitrogens with one attached hydrogen (secondary N) is 10. The number of benzene rings is 1. The molecule has 0 radical (unpaired) electrons. The molecule has 1 aromatic carbocycles. The van der Waals surface area contributed by atoms with Crippen LogP contribution in [0.3, 0.4) is 0 Å². The third-order valence-electron chi connectivity index (χ3n) is 20.3. The van der Waals surface area contributed by atoms with E-state index in [1.807, 2.05) is 77.2 Å². The van der Waals surface area contributed by atoms with Gasteiger partial charge in [0, 0.05) is 134 Å². The molecule has 12 aromatic heterocycles. The van der Waals surface area contributed by atoms with Gasteiger partial charge in [-0.05, 0) is 140 Å². The van der Waals surface area contributed by atoms with Gasteiger partial charge < -0.3 is 76.3 Å². The number of hydrazine groups is 4. The normalized spacial score (nSPS) is 11.3. The summed E-state index contributed by atoms with van der Waals surface area (Å²) in [6.07, 6.45) is 38.7. The van der Waals surface area contributed by atoms with Crippen molar-refractivity contribution in [2.45, 2.75) is 191 Å². The van der Waals surface area contributed by atoms with E-state index in [0.717, 1.165) is 64.9 Å². The molecule has 1 fully saturated rings. The summed E-state index contributed by atoms with van der Waals surface area (Å²) in [7, 11) is 3.33. The maximum absolute atomic E-state index is 11.9. The molecule has 13 aromatic rings. The van der Waals surface area contributed by atoms with Gasteiger partial charge in [-0.15, -0.1) is 19.3 Å². The number of nitrogen functional groups attached to an aromatic ring is 3. The Balaban J connectivity index is 0.000000195. The number of rotatable bonds is 34. The van der Waals surface area contributed by atoms with Crippen LogP contribution in [0.1, 0.15) is 228 Å². The molecule has 2 amide bonds. The van der Waals surface area contributed by atoms with E-state index in [2.05, 4.69) is 249 Å². The number of terminal acetylenes is 3. The number of ether oxygens (including phenoxy) is 8. The Morgan fingerprint density at radius 2 is 0.849 bits per heavy atom. The maximum Gasteiger partial charge on any atom is 0.426 e. The summed E-state index contributed by atoms with van der Waals surface area (Å²) in [4.78, 5) is 98.5. The number of nitrogens with zero attached hydrogens (tertiary/aromatic N) is 18. The first-order chi connectivity index (χ1) is 69.6. The number of amides is 2. The van der Waals surface area contributed by atoms with Gasteiger partial charge in [-0.1, -0.05) is 119 Å². The number of aromatic nitrogens is 18. The Hall–Kier alpha value is -16.5. The summed E-state index contributed by atoms with van der Waals surface area (Å²) in [5.74, 6) is 20.0. The van der Waals surface area contributed by atoms with Crippen molar-refractivity contribution in [1.82, 2.24) is 106 Å². The molecule has 0 aliphatic heterocycles. The van der Waals surface area contributed by atoms with Crippen molar-refractivity contribution >= 4 is 102 Å². The number of aliphatic hydroxyl groups is 1. The highest BCUT2D eigenvalue weighted by atomic mass is 79.9. The SMILES string of the molecule is C#Cc1cc(Oc2cnc(C)nc2NNC)c(C(C)C)cn1.C#Cc1cc(Oc2cnc(N)nc2NNC(C)=O)c(C(C)C)cn1.C#Cc1cc(Oc2cnc(N)nc2NNc2ccccc2)c(C(C)C)cn1.CCCNc1ncc(Oc2cc(Br)ncc2C(C)C)c(NCCO)n1.COc1cc(Oc2cnc(C)nc2N)c(C2(C)CC2)cn1.Cc1ncc(Oc2cc(Br)ncc2C(C)C)c(NNC(=O)OC(C)(C)C)n1. The summed E-state index contributed by atoms with van der Waals surface area (Å²) in [6, 6.07) is 20.1. The Labute approximate surface area is 866 Å². The molecular weight excluding hydrogens is 2000 g/mol. The second-order valence-electron chi connectivity index (χ2n) is 34.9. The molecule has 0 bridgehead atoms. The molecule has 146 heavy (non-hydrogen) atoms. The van der Waals surface area contributed by atoms with Crippen LogP contribution in [0.5, 0.6) is 74.9 Å². The fourth-order valence-electron chi connectivity index (χ4n) is 12.6. The number of methoxy groups -OCH3 is 1. The summed E-state index contributed by atoms with van der Waals surface area (Å²) in [5.41, 5.74) is 46.9. The largest absolute Gasteiger partial charge is 0.481 e. The summed E-state index contributed by atoms with van der Waals surface area (Å²) < 4.78 is 47.7. The van der Waals surface area contributed by atoms with E-state index >= 15 is 0 Å². The average Bonchev–Trinajstić information content (AvgIpc) is 1.61. The van der Waals surface area contributed by atoms with Crippen LogP contribution in [0, 0.1) is 57.8 Å². The third-order valence-corrected chi connectivity index (χ3v) is 21.1. The van der Waals surface area contributed by atoms with E-state index < -0.39 is 11.7 Å². The lowest BCUT2D eigenvalue weighted by Crippen LogP contribution is -2.36. The van der Waals surface area contributed by atoms with Gasteiger partial charge in [0.25, 0.3) is 0 Å². The van der Waals surface area contributed by atoms with Crippen LogP contribution in [0.4, 0.5) is 63.2 Å². The van der Waals surface area contributed by atoms with Gasteiger partial charge in [-0.2, -0.15) is 15.0 Å². The standard InChI is InChI=1S/C20H20N6O.C18H24BrN5O3.C17H24BrN5O2.C16H18N6O2.C16H19N5O.C15H18N4O2/c1-4-14-10-17(16(11-22-14)13(2)3)27-18-12-23-20(21)24-19(18)26-25-15-8-6-5-7-9-15;1-10(2)12-8-21-15(19)7-13(12)26-14-9-20-11(3)22-16(14)23-24-17(25)27-18(4,5)6;1-4-5-20-17-22-10-14(16(23-17)19-6-7-24)25-13-8-15(18)21-9-12(13)11(2)3;1-5-11-6-13(12(7-18-11)9(2)3)24-14-8-19-16(17)20-15(14)22-21-10(4)23;1-6-12-7-14(13(8-19-12)10(2)3)22-15-9-18-11(4)20-16(15)21-17-5;1-9-17-8-12(14(16)19-9)21-11-6-13(20-3)18-7-10(11)15(2)4-5-15/h1,5-13,25H,2-3H3,(H3,21,23,24,26);7-10H,1-6H3,(H,24,25)(H,20,22,23);8-11,24H,4-7H2,1-3H3,(H2,19,20,22,23);1,6-9H,2-4H3,(H,21,23)(H3,17,19,20,22);1,7-10,17H,2-5H3,(H,18,20,21);6-8H,4-5H2,1-3H3,(H2,16,17,19). The van der Waals surface area contributed by atoms with Crippen LogP contribution in [-0.4, -0.2) is 146 Å². The number of anilines is 10. The maximum atomic E-state index is 11.9. The minimum Gasteiger partial charge on any atom is -0.481 e. The predicted molar refractivity (Wildman–Crippen MR) is 569 cm³/mol. The molecule has 1 saturated carbocycles. The van der Waals surface area contributed by atoms with Crippen molar-refractivity contribution in [3.05, 3.63) is 218 Å². The predicted octanol–water partition coefficient (Wildman–Crippen LogP) is 19.3. The molecule has 0 unspecified atom stereocenters. The van der Waals surface area contributed by atoms with Gasteiger partial charge in [0.05, 0.1) is 56.6 Å². The number of hydrogen-bond donors (Lipinski definition) is 14. The molecule has 17 N–H and O–H groups in total. The highest BCUT2D eigenvalue weighted by molar-refractivity contribution is 9.10. The fraction of sp³-hybridized carbons (Fsp3) is 0.333. The van der Waals surface area contributed by atoms with E-state index in [4.69, 9.17) is 79.5 Å². The molecule has 44 heteroatoms. The van der Waals surface area contributed by atoms with E-state index in [0.29, 0.717) is 154 Å². The lowest BCUT2D eigenvalue weighted by atomic mass is 9.99. The van der Waals surface area contributed by atoms with E-state index in [1.165, 1.54) is 19.3 Å². The fourth-order valence-corrected chi connectivity index (χ4v) is 13.2. The third kappa shape index (κ3) is 35.0. The molecule has 42 nitrogen and oxygen atoms in total. The number of carbonyl (C=O) groups is 2. The average molecular weight is 2120 g/mol. The van der Waals surface area contributed by atoms with Crippen LogP contribution in [0.25, 0.3) is 0 Å². The lowest BCUT2D eigenvalue weighted by molar-refractivity contribution is -0.118. The molecule has 14 rings (SSSR count). The van der Waals surface area contributed by atoms with Gasteiger partial charge in [0.15, 0.2) is 69.4 Å². The van der Waals surface area contributed by atoms with Crippen molar-refractivity contribution < 1.29 is 52.6 Å². The quantitative estimate of drug-likeness (QED) is 0.0101. The van der Waals surface area contributed by atoms with E-state index in [-0.39, 0.29) is 71.0 Å². The first kappa shape index (κ1) is 113. The zero-order valence-corrected chi connectivity index (χ0v) is 88.4. The topological polar surface area (TPSA) is 559 Å². The second kappa shape index (κ2) is 54.7. The Bertz CT molecular complexity index is 6720. The first-order valence-electron chi connectivity index (χ1n) is 46.2. The number of hydrogen-bond acceptors (Lipinski definition) is 40. The number of halogens is 2. The first-order valence-corrected chi connectivity index (χ1v) is 47.8. The van der Waals surface area contributed by atoms with E-state index in [1.54, 1.807) is 135 Å². The zero-order chi connectivity index (χ0) is 106. The van der Waals surface area contributed by atoms with Gasteiger partial charge in [-0.3, -0.25) is 31.9 Å². The summed E-state index contributed by atoms with van der Waals surface area (Å²) in [5, 5.41) is 15.3. The Kier molecular flexibility index (Phi) is 42.3. The van der Waals surface area contributed by atoms with E-state index in [9.17, 15) is 9.59 Å². The molecule has 0 saturated heterocycles. The van der Waals surface area contributed by atoms with Crippen LogP contribution in [-0.2, 0) is 14.9 Å². The highest BCUT2D eigenvalue weighted by Gasteiger charge is 2.42. The van der Waals surface area contributed by atoms with Gasteiger partial charge >= 0.3 is 6.09 Å².